The van der Waals surface area contributed by atoms with E-state index in [0.29, 0.717) is 56.9 Å². The van der Waals surface area contributed by atoms with Gasteiger partial charge in [-0.15, -0.1) is 12.4 Å². The Morgan fingerprint density at radius 2 is 1.17 bits per heavy atom. The Labute approximate surface area is 249 Å². The molecule has 4 aromatic rings. The highest BCUT2D eigenvalue weighted by Crippen LogP contribution is 2.39. The van der Waals surface area contributed by atoms with E-state index in [9.17, 15) is 4.79 Å². The molecular weight excluding hydrogens is 568 g/mol. The molecule has 0 bridgehead atoms. The molecule has 0 atom stereocenters. The summed E-state index contributed by atoms with van der Waals surface area (Å²) >= 11 is 0. The molecule has 4 rings (SSSR count). The molecule has 0 aliphatic carbocycles. The Kier molecular flexibility index (Phi) is 10.6. The second-order valence-corrected chi connectivity index (χ2v) is 8.39. The van der Waals surface area contributed by atoms with Crippen LogP contribution in [0.15, 0.2) is 59.9 Å². The molecule has 0 fully saturated rings. The van der Waals surface area contributed by atoms with Crippen molar-refractivity contribution in [1.29, 1.82) is 0 Å². The zero-order valence-corrected chi connectivity index (χ0v) is 25.0. The third-order valence-corrected chi connectivity index (χ3v) is 6.27. The minimum atomic E-state index is -0.762. The zero-order chi connectivity index (χ0) is 29.5. The van der Waals surface area contributed by atoms with Crippen molar-refractivity contribution >= 4 is 34.9 Å². The fourth-order valence-electron chi connectivity index (χ4n) is 4.24. The van der Waals surface area contributed by atoms with E-state index < -0.39 is 5.97 Å². The number of aromatic nitrogens is 1. The number of fused-ring (bicyclic) bond motifs is 1. The lowest BCUT2D eigenvalue weighted by molar-refractivity contribution is 0.0516. The molecule has 1 aromatic heterocycles. The number of rotatable bonds is 11. The van der Waals surface area contributed by atoms with E-state index in [1.54, 1.807) is 44.7 Å². The van der Waals surface area contributed by atoms with Gasteiger partial charge in [0.25, 0.3) is 0 Å². The molecule has 0 spiro atoms. The normalized spacial score (nSPS) is 10.8. The van der Waals surface area contributed by atoms with E-state index >= 15 is 0 Å². The first-order chi connectivity index (χ1) is 19.9. The summed E-state index contributed by atoms with van der Waals surface area (Å²) < 4.78 is 37.9. The summed E-state index contributed by atoms with van der Waals surface area (Å²) in [6.07, 6.45) is 1.63. The molecule has 0 saturated carbocycles. The average molecular weight is 599 g/mol. The summed E-state index contributed by atoms with van der Waals surface area (Å²) in [7, 11) is 10.5. The third kappa shape index (κ3) is 6.21. The van der Waals surface area contributed by atoms with E-state index in [1.165, 1.54) is 47.7 Å². The van der Waals surface area contributed by atoms with Crippen LogP contribution in [0.2, 0.25) is 0 Å². The second-order valence-electron chi connectivity index (χ2n) is 8.39. The predicted octanol–water partition coefficient (Wildman–Crippen LogP) is 5.33. The first kappa shape index (κ1) is 31.6. The first-order valence-electron chi connectivity index (χ1n) is 12.3. The molecule has 0 aliphatic rings. The van der Waals surface area contributed by atoms with Crippen molar-refractivity contribution in [2.24, 2.45) is 5.16 Å². The standard InChI is InChI=1S/C30H30N2O9.ClH/c1-34-21-9-8-18(13-22(21)35-2)27(28-20-16-24(37-4)23(36-3)12-17(20)10-11-31-28)32-41-30(33)19-14-25(38-5)29(40-7)26(15-19)39-6;/h8-16H,1-7H3;1H/b32-27+;. The van der Waals surface area contributed by atoms with Gasteiger partial charge in [-0.1, -0.05) is 5.16 Å². The Hall–Kier alpha value is -4.90. The van der Waals surface area contributed by atoms with Crippen LogP contribution in [0.1, 0.15) is 21.6 Å². The number of carbonyl (C=O) groups is 1. The monoisotopic (exact) mass is 598 g/mol. The van der Waals surface area contributed by atoms with Gasteiger partial charge in [0.2, 0.25) is 5.75 Å². The van der Waals surface area contributed by atoms with Gasteiger partial charge in [0.15, 0.2) is 34.5 Å². The number of pyridine rings is 1. The quantitative estimate of drug-likeness (QED) is 0.127. The summed E-state index contributed by atoms with van der Waals surface area (Å²) in [5.74, 6) is 2.17. The number of carbonyl (C=O) groups excluding carboxylic acids is 1. The van der Waals surface area contributed by atoms with Crippen molar-refractivity contribution in [3.05, 3.63) is 71.5 Å². The molecule has 222 valence electrons. The smallest absolute Gasteiger partial charge is 0.366 e. The number of hydrogen-bond acceptors (Lipinski definition) is 11. The lowest BCUT2D eigenvalue weighted by atomic mass is 10.0. The van der Waals surface area contributed by atoms with Crippen LogP contribution in [-0.4, -0.2) is 66.4 Å². The van der Waals surface area contributed by atoms with Gasteiger partial charge in [0.1, 0.15) is 11.4 Å². The van der Waals surface area contributed by atoms with Gasteiger partial charge in [-0.2, -0.15) is 0 Å². The van der Waals surface area contributed by atoms with Crippen molar-refractivity contribution in [3.8, 4) is 40.2 Å². The maximum atomic E-state index is 13.2. The maximum Gasteiger partial charge on any atom is 0.366 e. The lowest BCUT2D eigenvalue weighted by Gasteiger charge is -2.15. The Bertz CT molecular complexity index is 1580. The second kappa shape index (κ2) is 14.1. The van der Waals surface area contributed by atoms with Crippen LogP contribution in [0.5, 0.6) is 40.2 Å². The van der Waals surface area contributed by atoms with Gasteiger partial charge < -0.3 is 38.0 Å². The van der Waals surface area contributed by atoms with Crippen LogP contribution in [0, 0.1) is 0 Å². The molecule has 1 heterocycles. The van der Waals surface area contributed by atoms with Crippen molar-refractivity contribution in [2.75, 3.05) is 49.8 Å². The number of benzene rings is 3. The fraction of sp³-hybridized carbons (Fsp3) is 0.233. The minimum Gasteiger partial charge on any atom is -0.493 e. The van der Waals surface area contributed by atoms with Crippen LogP contribution < -0.4 is 33.2 Å². The summed E-state index contributed by atoms with van der Waals surface area (Å²) in [4.78, 5) is 23.3. The summed E-state index contributed by atoms with van der Waals surface area (Å²) in [6, 6.07) is 13.6. The van der Waals surface area contributed by atoms with Crippen molar-refractivity contribution < 1.29 is 42.8 Å². The lowest BCUT2D eigenvalue weighted by Crippen LogP contribution is -2.11. The molecule has 11 nitrogen and oxygen atoms in total. The first-order valence-corrected chi connectivity index (χ1v) is 12.3. The highest BCUT2D eigenvalue weighted by molar-refractivity contribution is 6.18. The highest BCUT2D eigenvalue weighted by Gasteiger charge is 2.21. The summed E-state index contributed by atoms with van der Waals surface area (Å²) in [5.41, 5.74) is 1.36. The van der Waals surface area contributed by atoms with Gasteiger partial charge in [-0.25, -0.2) is 4.79 Å². The van der Waals surface area contributed by atoms with Gasteiger partial charge in [-0.05, 0) is 53.9 Å². The van der Waals surface area contributed by atoms with Crippen LogP contribution >= 0.6 is 12.4 Å². The molecule has 42 heavy (non-hydrogen) atoms. The van der Waals surface area contributed by atoms with Crippen molar-refractivity contribution in [3.63, 3.8) is 0 Å². The highest BCUT2D eigenvalue weighted by atomic mass is 35.5. The number of ether oxygens (including phenoxy) is 7. The maximum absolute atomic E-state index is 13.2. The van der Waals surface area contributed by atoms with Crippen LogP contribution in [0.4, 0.5) is 0 Å². The Morgan fingerprint density at radius 1 is 0.619 bits per heavy atom. The summed E-state index contributed by atoms with van der Waals surface area (Å²) in [6.45, 7) is 0. The summed E-state index contributed by atoms with van der Waals surface area (Å²) in [5, 5.41) is 5.78. The Morgan fingerprint density at radius 3 is 1.74 bits per heavy atom. The van der Waals surface area contributed by atoms with E-state index in [4.69, 9.17) is 38.0 Å². The average Bonchev–Trinajstić information content (AvgIpc) is 3.02. The van der Waals surface area contributed by atoms with E-state index in [2.05, 4.69) is 10.1 Å². The third-order valence-electron chi connectivity index (χ3n) is 6.27. The van der Waals surface area contributed by atoms with Gasteiger partial charge in [0, 0.05) is 17.1 Å². The molecule has 12 heteroatoms. The number of hydrogen-bond donors (Lipinski definition) is 0. The van der Waals surface area contributed by atoms with E-state index in [0.717, 1.165) is 5.39 Å². The van der Waals surface area contributed by atoms with Gasteiger partial charge in [-0.3, -0.25) is 4.98 Å². The number of oxime groups is 1. The predicted molar refractivity (Wildman–Crippen MR) is 159 cm³/mol. The van der Waals surface area contributed by atoms with E-state index in [-0.39, 0.29) is 23.7 Å². The van der Waals surface area contributed by atoms with Crippen LogP contribution in [0.25, 0.3) is 10.8 Å². The topological polar surface area (TPSA) is 116 Å². The number of halogens is 1. The number of nitrogens with zero attached hydrogens (tertiary/aromatic N) is 2. The molecule has 0 unspecified atom stereocenters. The largest absolute Gasteiger partial charge is 0.493 e. The molecule has 0 amide bonds. The SMILES string of the molecule is COc1ccc(/C(=N\OC(=O)c2cc(OC)c(OC)c(OC)c2)c2nccc3cc(OC)c(OC)cc23)cc1OC.Cl. The molecule has 0 N–H and O–H groups in total. The van der Waals surface area contributed by atoms with Gasteiger partial charge in [0.05, 0.1) is 55.3 Å². The molecule has 0 radical (unpaired) electrons. The molecular formula is C30H31ClN2O9. The molecule has 0 saturated heterocycles. The van der Waals surface area contributed by atoms with Crippen LogP contribution in [-0.2, 0) is 4.84 Å². The van der Waals surface area contributed by atoms with E-state index in [1.807, 2.05) is 12.1 Å². The van der Waals surface area contributed by atoms with Crippen LogP contribution in [0.3, 0.4) is 0 Å². The molecule has 3 aromatic carbocycles. The Balaban J connectivity index is 0.00000484. The van der Waals surface area contributed by atoms with Crippen molar-refractivity contribution in [1.82, 2.24) is 4.98 Å². The molecule has 0 aliphatic heterocycles. The fourth-order valence-corrected chi connectivity index (χ4v) is 4.24. The van der Waals surface area contributed by atoms with Crippen molar-refractivity contribution in [2.45, 2.75) is 0 Å². The van der Waals surface area contributed by atoms with Gasteiger partial charge >= 0.3 is 5.97 Å². The minimum absolute atomic E-state index is 0. The number of methoxy groups -OCH3 is 7. The zero-order valence-electron chi connectivity index (χ0n) is 24.2.